The predicted octanol–water partition coefficient (Wildman–Crippen LogP) is 5.22. The summed E-state index contributed by atoms with van der Waals surface area (Å²) < 4.78 is 44.5. The standard InChI is InChI=1S/C33H39F3N6O4/c1-19(2)12-27(42-17-22(10-11-40(5)6)25(14-28(42)43)33(34,35)36)32(46)38-26(15-29(44)45)23-13-24(31-39-37-18-41(31)16-23)30-20(3)8-7-9-21(30)4/h7-9,13-14,16-19,26-27H,10-12,15H2,1-6H3,(H,38,46)(H,44,45). The van der Waals surface area contributed by atoms with Gasteiger partial charge in [0.15, 0.2) is 5.65 Å². The van der Waals surface area contributed by atoms with E-state index in [0.717, 1.165) is 27.5 Å². The minimum Gasteiger partial charge on any atom is -0.481 e. The van der Waals surface area contributed by atoms with Crippen LogP contribution in [0, 0.1) is 19.8 Å². The van der Waals surface area contributed by atoms with E-state index in [-0.39, 0.29) is 30.9 Å². The molecule has 0 radical (unpaired) electrons. The molecule has 0 saturated heterocycles. The Kier molecular flexibility index (Phi) is 10.3. The number of hydrogen-bond acceptors (Lipinski definition) is 6. The van der Waals surface area contributed by atoms with E-state index in [0.29, 0.717) is 22.8 Å². The Hall–Kier alpha value is -4.52. The first kappa shape index (κ1) is 34.4. The number of amides is 1. The summed E-state index contributed by atoms with van der Waals surface area (Å²) >= 11 is 0. The minimum absolute atomic E-state index is 0.000167. The van der Waals surface area contributed by atoms with E-state index < -0.39 is 47.7 Å². The van der Waals surface area contributed by atoms with Crippen molar-refractivity contribution < 1.29 is 27.9 Å². The van der Waals surface area contributed by atoms with E-state index in [9.17, 15) is 32.7 Å². The molecule has 2 unspecified atom stereocenters. The maximum atomic E-state index is 14.0. The number of nitrogens with one attached hydrogen (secondary N) is 1. The zero-order valence-electron chi connectivity index (χ0n) is 26.7. The smallest absolute Gasteiger partial charge is 0.416 e. The van der Waals surface area contributed by atoms with Gasteiger partial charge in [0.05, 0.1) is 18.0 Å². The molecule has 0 saturated carbocycles. The average Bonchev–Trinajstić information content (AvgIpc) is 3.43. The molecule has 0 fully saturated rings. The Bertz CT molecular complexity index is 1770. The van der Waals surface area contributed by atoms with Gasteiger partial charge in [0.2, 0.25) is 5.91 Å². The zero-order valence-corrected chi connectivity index (χ0v) is 26.7. The highest BCUT2D eigenvalue weighted by atomic mass is 19.4. The molecular weight excluding hydrogens is 601 g/mol. The van der Waals surface area contributed by atoms with Crippen molar-refractivity contribution >= 4 is 17.5 Å². The Morgan fingerprint density at radius 1 is 1.09 bits per heavy atom. The molecule has 3 heterocycles. The molecular formula is C33H39F3N6O4. The number of aryl methyl sites for hydroxylation is 2. The van der Waals surface area contributed by atoms with E-state index in [2.05, 4.69) is 15.5 Å². The van der Waals surface area contributed by atoms with Crippen LogP contribution < -0.4 is 10.9 Å². The molecule has 2 atom stereocenters. The number of aromatic nitrogens is 4. The second-order valence-electron chi connectivity index (χ2n) is 12.3. The largest absolute Gasteiger partial charge is 0.481 e. The maximum absolute atomic E-state index is 14.0. The summed E-state index contributed by atoms with van der Waals surface area (Å²) in [7, 11) is 3.45. The lowest BCUT2D eigenvalue weighted by atomic mass is 9.93. The van der Waals surface area contributed by atoms with Crippen LogP contribution in [0.4, 0.5) is 13.2 Å². The molecule has 13 heteroatoms. The Morgan fingerprint density at radius 2 is 1.76 bits per heavy atom. The summed E-state index contributed by atoms with van der Waals surface area (Å²) in [5.41, 5.74) is 2.38. The zero-order chi connectivity index (χ0) is 33.9. The van der Waals surface area contributed by atoms with Gasteiger partial charge in [0.25, 0.3) is 5.56 Å². The number of carboxylic acid groups (broad SMARTS) is 1. The minimum atomic E-state index is -4.75. The Balaban J connectivity index is 1.81. The number of carboxylic acids is 1. The van der Waals surface area contributed by atoms with Crippen LogP contribution in [0.15, 0.2) is 53.8 Å². The number of hydrogen-bond donors (Lipinski definition) is 2. The van der Waals surface area contributed by atoms with Gasteiger partial charge < -0.3 is 19.9 Å². The van der Waals surface area contributed by atoms with Crippen LogP contribution in [-0.2, 0) is 22.2 Å². The summed E-state index contributed by atoms with van der Waals surface area (Å²) in [4.78, 5) is 41.0. The highest BCUT2D eigenvalue weighted by Gasteiger charge is 2.36. The lowest BCUT2D eigenvalue weighted by Gasteiger charge is -2.26. The van der Waals surface area contributed by atoms with Crippen LogP contribution in [0.3, 0.4) is 0 Å². The summed E-state index contributed by atoms with van der Waals surface area (Å²) in [6, 6.07) is 5.89. The van der Waals surface area contributed by atoms with Gasteiger partial charge in [-0.1, -0.05) is 32.0 Å². The average molecular weight is 641 g/mol. The molecule has 4 rings (SSSR count). The fraction of sp³-hybridized carbons (Fsp3) is 0.424. The van der Waals surface area contributed by atoms with E-state index in [1.54, 1.807) is 35.7 Å². The molecule has 46 heavy (non-hydrogen) atoms. The van der Waals surface area contributed by atoms with Crippen molar-refractivity contribution in [2.75, 3.05) is 20.6 Å². The number of nitrogens with zero attached hydrogens (tertiary/aromatic N) is 5. The van der Waals surface area contributed by atoms with Gasteiger partial charge in [-0.05, 0) is 80.6 Å². The quantitative estimate of drug-likeness (QED) is 0.218. The topological polar surface area (TPSA) is 122 Å². The van der Waals surface area contributed by atoms with E-state index >= 15 is 0 Å². The van der Waals surface area contributed by atoms with Crippen molar-refractivity contribution in [1.82, 2.24) is 29.4 Å². The number of benzene rings is 1. The fourth-order valence-electron chi connectivity index (χ4n) is 5.70. The number of likely N-dealkylation sites (N-methyl/N-ethyl adjacent to an activating group) is 1. The van der Waals surface area contributed by atoms with Gasteiger partial charge in [0.1, 0.15) is 12.4 Å². The van der Waals surface area contributed by atoms with Gasteiger partial charge in [-0.3, -0.25) is 18.8 Å². The fourth-order valence-corrected chi connectivity index (χ4v) is 5.70. The van der Waals surface area contributed by atoms with Crippen LogP contribution in [-0.4, -0.2) is 61.7 Å². The van der Waals surface area contributed by atoms with Gasteiger partial charge in [-0.2, -0.15) is 13.2 Å². The molecule has 1 amide bonds. The number of carbonyl (C=O) groups is 2. The second kappa shape index (κ2) is 13.9. The molecule has 246 valence electrons. The number of pyridine rings is 2. The maximum Gasteiger partial charge on any atom is 0.416 e. The summed E-state index contributed by atoms with van der Waals surface area (Å²) in [6.45, 7) is 7.84. The number of carbonyl (C=O) groups excluding carboxylic acids is 1. The van der Waals surface area contributed by atoms with Gasteiger partial charge in [0, 0.05) is 30.6 Å². The second-order valence-corrected chi connectivity index (χ2v) is 12.3. The van der Waals surface area contributed by atoms with Gasteiger partial charge in [-0.15, -0.1) is 10.2 Å². The number of alkyl halides is 3. The highest BCUT2D eigenvalue weighted by Crippen LogP contribution is 2.34. The first-order valence-corrected chi connectivity index (χ1v) is 15.0. The van der Waals surface area contributed by atoms with Crippen molar-refractivity contribution in [3.8, 4) is 11.1 Å². The first-order valence-electron chi connectivity index (χ1n) is 15.0. The SMILES string of the molecule is Cc1cccc(C)c1-c1cc(C(CC(=O)O)NC(=O)C(CC(C)C)n2cc(CCN(C)C)c(C(F)(F)F)cc2=O)cn2cnnc12. The Morgan fingerprint density at radius 3 is 2.35 bits per heavy atom. The molecule has 4 aromatic rings. The lowest BCUT2D eigenvalue weighted by Crippen LogP contribution is -2.40. The van der Waals surface area contributed by atoms with E-state index in [4.69, 9.17) is 0 Å². The normalized spacial score (nSPS) is 13.4. The first-order chi connectivity index (χ1) is 21.6. The van der Waals surface area contributed by atoms with Crippen LogP contribution in [0.1, 0.15) is 66.6 Å². The van der Waals surface area contributed by atoms with E-state index in [1.807, 2.05) is 45.9 Å². The van der Waals surface area contributed by atoms with Crippen LogP contribution in [0.25, 0.3) is 16.8 Å². The molecule has 2 N–H and O–H groups in total. The number of halogens is 3. The summed E-state index contributed by atoms with van der Waals surface area (Å²) in [5, 5.41) is 20.9. The molecule has 3 aromatic heterocycles. The van der Waals surface area contributed by atoms with Crippen molar-refractivity contribution in [2.45, 2.75) is 65.2 Å². The molecule has 0 bridgehead atoms. The van der Waals surface area contributed by atoms with Crippen molar-refractivity contribution in [2.24, 2.45) is 5.92 Å². The highest BCUT2D eigenvalue weighted by molar-refractivity contribution is 5.84. The van der Waals surface area contributed by atoms with Crippen LogP contribution >= 0.6 is 0 Å². The van der Waals surface area contributed by atoms with Crippen LogP contribution in [0.5, 0.6) is 0 Å². The lowest BCUT2D eigenvalue weighted by molar-refractivity contribution is -0.139. The van der Waals surface area contributed by atoms with E-state index in [1.165, 1.54) is 6.33 Å². The summed E-state index contributed by atoms with van der Waals surface area (Å²) in [5.74, 6) is -1.99. The van der Waals surface area contributed by atoms with Gasteiger partial charge >= 0.3 is 12.1 Å². The molecule has 0 spiro atoms. The third-order valence-corrected chi connectivity index (χ3v) is 7.89. The number of fused-ring (bicyclic) bond motifs is 1. The molecule has 0 aliphatic heterocycles. The van der Waals surface area contributed by atoms with Crippen molar-refractivity contribution in [3.05, 3.63) is 87.2 Å². The third kappa shape index (κ3) is 7.82. The molecule has 0 aliphatic carbocycles. The predicted molar refractivity (Wildman–Crippen MR) is 167 cm³/mol. The Labute approximate surface area is 264 Å². The molecule has 1 aromatic carbocycles. The number of aliphatic carboxylic acids is 1. The number of rotatable bonds is 12. The van der Waals surface area contributed by atoms with Crippen molar-refractivity contribution in [3.63, 3.8) is 0 Å². The monoisotopic (exact) mass is 640 g/mol. The third-order valence-electron chi connectivity index (χ3n) is 7.89. The summed E-state index contributed by atoms with van der Waals surface area (Å²) in [6.07, 6.45) is -0.875. The van der Waals surface area contributed by atoms with Crippen molar-refractivity contribution in [1.29, 1.82) is 0 Å². The van der Waals surface area contributed by atoms with Gasteiger partial charge in [-0.25, -0.2) is 0 Å². The van der Waals surface area contributed by atoms with Crippen LogP contribution in [0.2, 0.25) is 0 Å². The molecule has 0 aliphatic rings. The molecule has 10 nitrogen and oxygen atoms in total.